The average molecular weight is 1500 g/mol. The second-order valence-electron chi connectivity index (χ2n) is 27.4. The molecule has 0 radical (unpaired) electrons. The molecule has 0 aliphatic carbocycles. The van der Waals surface area contributed by atoms with Crippen molar-refractivity contribution in [1.29, 1.82) is 0 Å². The van der Waals surface area contributed by atoms with Gasteiger partial charge in [0.15, 0.2) is 5.78 Å². The molecule has 586 valence electrons. The Labute approximate surface area is 633 Å². The third kappa shape index (κ3) is 43.9. The SMILES string of the molecule is CC(C)(C)OC(=O)N[C@@H](CCCCNC(=O)OCc1ccccc1)C(=O)C[C@@H](Cc1ccccc1)C(N)=O.CC(C)(C)OC(=O)N[C@@H](CCCCNC(=O)OCc1ccccc1)C(=O)O.NC(=O)[C@@H](CC(=O)[C@@H](N)CCCCNC(=O)OCc1ccccc1)Cc1ccccc1.NC(=O)[C@@H](N)Cc1ccccc1. The van der Waals surface area contributed by atoms with E-state index in [9.17, 15) is 57.8 Å². The largest absolute Gasteiger partial charge is 0.480 e. The number of unbranched alkanes of at least 4 members (excludes halogenated alkanes) is 3. The van der Waals surface area contributed by atoms with E-state index in [0.717, 1.165) is 33.4 Å². The normalized spacial score (nSPS) is 12.4. The Hall–Kier alpha value is -11.2. The minimum Gasteiger partial charge on any atom is -0.480 e. The Morgan fingerprint density at radius 1 is 0.352 bits per heavy atom. The summed E-state index contributed by atoms with van der Waals surface area (Å²) < 4.78 is 25.8. The highest BCUT2D eigenvalue weighted by atomic mass is 16.6. The summed E-state index contributed by atoms with van der Waals surface area (Å²) in [6.45, 7) is 12.0. The fraction of sp³-hybridized carbons (Fsp3) is 0.420. The number of hydrogen-bond donors (Lipinski definition) is 11. The lowest BCUT2D eigenvalue weighted by molar-refractivity contribution is -0.139. The van der Waals surface area contributed by atoms with Gasteiger partial charge in [0.25, 0.3) is 0 Å². The standard InChI is InChI=1S/C29H39N3O6.C24H31N3O4.C19H28N2O6.C9H12N2O/c1-29(2,3)38-28(36)32-24(25(33)19-23(26(30)34)18-21-12-6-4-7-13-21)16-10-11-17-31-27(35)37-20-22-14-8-5-9-15-22;25-21(22(28)16-20(23(26)29)15-18-9-3-1-4-10-18)13-7-8-14-27-24(30)31-17-19-11-5-2-6-12-19;1-19(2,3)27-18(25)21-15(16(22)23)11-7-8-12-20-17(24)26-13-14-9-5-4-6-10-14;10-8(9(11)12)6-7-4-2-1-3-5-7/h4-9,12-15,23-24H,10-11,16-20H2,1-3H3,(H2,30,34)(H,31,35)(H,32,36);1-6,9-12,20-21H,7-8,13-17,25H2,(H2,26,29)(H,27,30);4-6,9-10,15H,7-8,11-13H2,1-3H3,(H,20,24)(H,21,25)(H,22,23);1-5,8H,6,10H2,(H2,11,12)/t23-,24+;20-,21+;15-;8-/m1100/s1. The van der Waals surface area contributed by atoms with Crippen LogP contribution >= 0.6 is 0 Å². The van der Waals surface area contributed by atoms with Crippen LogP contribution in [0.1, 0.15) is 146 Å². The van der Waals surface area contributed by atoms with Crippen LogP contribution in [-0.4, -0.2) is 126 Å². The maximum atomic E-state index is 13.2. The van der Waals surface area contributed by atoms with E-state index < -0.39 is 101 Å². The lowest BCUT2D eigenvalue weighted by atomic mass is 9.90. The monoisotopic (exact) mass is 1490 g/mol. The van der Waals surface area contributed by atoms with Gasteiger partial charge in [0.2, 0.25) is 17.7 Å². The van der Waals surface area contributed by atoms with E-state index >= 15 is 0 Å². The molecule has 0 spiro atoms. The highest BCUT2D eigenvalue weighted by Gasteiger charge is 2.30. The van der Waals surface area contributed by atoms with E-state index in [-0.39, 0.29) is 50.6 Å². The number of nitrogens with two attached hydrogens (primary N) is 5. The van der Waals surface area contributed by atoms with Gasteiger partial charge in [-0.15, -0.1) is 0 Å². The van der Waals surface area contributed by atoms with Crippen molar-refractivity contribution in [2.75, 3.05) is 19.6 Å². The van der Waals surface area contributed by atoms with Crippen LogP contribution in [0, 0.1) is 11.8 Å². The number of carboxylic acid groups (broad SMARTS) is 1. The molecule has 16 N–H and O–H groups in total. The van der Waals surface area contributed by atoms with Gasteiger partial charge >= 0.3 is 36.4 Å². The highest BCUT2D eigenvalue weighted by Crippen LogP contribution is 2.19. The molecule has 0 saturated carbocycles. The molecule has 0 saturated heterocycles. The van der Waals surface area contributed by atoms with Crippen molar-refractivity contribution in [1.82, 2.24) is 26.6 Å². The molecule has 0 aromatic heterocycles. The molecule has 0 bridgehead atoms. The number of benzene rings is 6. The summed E-state index contributed by atoms with van der Waals surface area (Å²) in [4.78, 5) is 131. The van der Waals surface area contributed by atoms with Crippen LogP contribution in [0.5, 0.6) is 0 Å². The van der Waals surface area contributed by atoms with Crippen molar-refractivity contribution >= 4 is 65.7 Å². The molecule has 6 rings (SSSR count). The topological polar surface area (TPSA) is 444 Å². The van der Waals surface area contributed by atoms with Gasteiger partial charge in [0, 0.05) is 44.3 Å². The molecule has 6 aromatic rings. The van der Waals surface area contributed by atoms with Crippen molar-refractivity contribution in [3.05, 3.63) is 215 Å². The van der Waals surface area contributed by atoms with Crippen LogP contribution in [0.3, 0.4) is 0 Å². The first-order valence-electron chi connectivity index (χ1n) is 36.0. The highest BCUT2D eigenvalue weighted by molar-refractivity contribution is 5.91. The zero-order valence-corrected chi connectivity index (χ0v) is 62.8. The van der Waals surface area contributed by atoms with Gasteiger partial charge in [0.05, 0.1) is 18.1 Å². The van der Waals surface area contributed by atoms with Crippen molar-refractivity contribution in [3.63, 3.8) is 0 Å². The molecule has 27 nitrogen and oxygen atoms in total. The first-order valence-corrected chi connectivity index (χ1v) is 36.0. The molecule has 108 heavy (non-hydrogen) atoms. The summed E-state index contributed by atoms with van der Waals surface area (Å²) in [6, 6.07) is 53.3. The van der Waals surface area contributed by atoms with Gasteiger partial charge in [-0.3, -0.25) is 24.0 Å². The van der Waals surface area contributed by atoms with Gasteiger partial charge in [-0.25, -0.2) is 28.8 Å². The van der Waals surface area contributed by atoms with E-state index in [1.807, 2.05) is 182 Å². The van der Waals surface area contributed by atoms with Gasteiger partial charge in [-0.1, -0.05) is 182 Å². The van der Waals surface area contributed by atoms with E-state index in [1.54, 1.807) is 41.5 Å². The Morgan fingerprint density at radius 3 is 0.944 bits per heavy atom. The second-order valence-corrected chi connectivity index (χ2v) is 27.4. The maximum absolute atomic E-state index is 13.2. The number of alkyl carbamates (subject to hydrolysis) is 5. The van der Waals surface area contributed by atoms with Crippen molar-refractivity contribution in [2.24, 2.45) is 40.5 Å². The minimum atomic E-state index is -1.13. The lowest BCUT2D eigenvalue weighted by Crippen LogP contribution is -2.44. The zero-order chi connectivity index (χ0) is 79.7. The van der Waals surface area contributed by atoms with Crippen LogP contribution in [-0.2, 0) is 91.5 Å². The van der Waals surface area contributed by atoms with E-state index in [1.165, 1.54) is 0 Å². The van der Waals surface area contributed by atoms with Crippen molar-refractivity contribution in [3.8, 4) is 0 Å². The summed E-state index contributed by atoms with van der Waals surface area (Å²) in [6.07, 6.45) is 2.71. The number of carbonyl (C=O) groups is 11. The summed E-state index contributed by atoms with van der Waals surface area (Å²) in [5.74, 6) is -4.40. The molecular weight excluding hydrogens is 1380 g/mol. The molecule has 6 aromatic carbocycles. The van der Waals surface area contributed by atoms with Crippen LogP contribution in [0.4, 0.5) is 24.0 Å². The average Bonchev–Trinajstić information content (AvgIpc) is 0.871. The number of ether oxygens (including phenoxy) is 5. The first-order chi connectivity index (χ1) is 51.4. The van der Waals surface area contributed by atoms with Crippen LogP contribution in [0.2, 0.25) is 0 Å². The van der Waals surface area contributed by atoms with Gasteiger partial charge < -0.3 is 84.0 Å². The summed E-state index contributed by atoms with van der Waals surface area (Å²) >= 11 is 0. The molecule has 27 heteroatoms. The Balaban J connectivity index is 0.000000394. The Kier molecular flexibility index (Phi) is 43.1. The number of carboxylic acids is 1. The van der Waals surface area contributed by atoms with Gasteiger partial charge in [0.1, 0.15) is 42.8 Å². The molecule has 0 unspecified atom stereocenters. The molecule has 0 aliphatic heterocycles. The fourth-order valence-electron chi connectivity index (χ4n) is 10.1. The van der Waals surface area contributed by atoms with Crippen molar-refractivity contribution < 1.29 is 81.5 Å². The molecule has 8 amide bonds. The van der Waals surface area contributed by atoms with Gasteiger partial charge in [-0.2, -0.15) is 0 Å². The molecular formula is C81H110N10O17. The summed E-state index contributed by atoms with van der Waals surface area (Å²) in [7, 11) is 0. The number of amides is 8. The second kappa shape index (κ2) is 51.1. The predicted molar refractivity (Wildman–Crippen MR) is 410 cm³/mol. The summed E-state index contributed by atoms with van der Waals surface area (Å²) in [5.41, 5.74) is 31.7. The molecule has 0 heterocycles. The number of aliphatic carboxylic acids is 1. The number of primary amides is 3. The number of hydrogen-bond acceptors (Lipinski definition) is 18. The number of ketones is 2. The van der Waals surface area contributed by atoms with Crippen molar-refractivity contribution in [2.45, 2.75) is 187 Å². The Morgan fingerprint density at radius 2 is 0.639 bits per heavy atom. The van der Waals surface area contributed by atoms with Crippen LogP contribution in [0.15, 0.2) is 182 Å². The third-order valence-electron chi connectivity index (χ3n) is 15.7. The zero-order valence-electron chi connectivity index (χ0n) is 62.8. The number of carbonyl (C=O) groups excluding carboxylic acids is 10. The summed E-state index contributed by atoms with van der Waals surface area (Å²) in [5, 5.41) is 22.1. The smallest absolute Gasteiger partial charge is 0.408 e. The Bertz CT molecular complexity index is 3650. The van der Waals surface area contributed by atoms with Crippen LogP contribution < -0.4 is 55.3 Å². The minimum absolute atomic E-state index is 0.0372. The van der Waals surface area contributed by atoms with E-state index in [2.05, 4.69) is 26.6 Å². The quantitative estimate of drug-likeness (QED) is 0.0126. The molecule has 6 atom stereocenters. The molecule has 0 aliphatic rings. The first kappa shape index (κ1) is 91.0. The number of nitrogens with one attached hydrogen (secondary N) is 5. The third-order valence-corrected chi connectivity index (χ3v) is 15.7. The predicted octanol–water partition coefficient (Wildman–Crippen LogP) is 10.1. The number of Topliss-reactive ketones (excluding diaryl/α,β-unsaturated/α-hetero) is 2. The lowest BCUT2D eigenvalue weighted by Gasteiger charge is -2.24. The van der Waals surface area contributed by atoms with Gasteiger partial charge in [-0.05, 0) is 152 Å². The number of rotatable bonds is 39. The van der Waals surface area contributed by atoms with E-state index in [4.69, 9.17) is 52.4 Å². The molecule has 0 fully saturated rings. The maximum Gasteiger partial charge on any atom is 0.408 e. The fourth-order valence-corrected chi connectivity index (χ4v) is 10.1. The van der Waals surface area contributed by atoms with Crippen LogP contribution in [0.25, 0.3) is 0 Å². The van der Waals surface area contributed by atoms with E-state index in [0.29, 0.717) is 90.3 Å².